The van der Waals surface area contributed by atoms with Crippen molar-refractivity contribution in [2.24, 2.45) is 0 Å². The molecule has 0 amide bonds. The van der Waals surface area contributed by atoms with Crippen LogP contribution < -0.4 is 0 Å². The van der Waals surface area contributed by atoms with Crippen LogP contribution >= 0.6 is 12.4 Å². The Morgan fingerprint density at radius 1 is 1.29 bits per heavy atom. The Labute approximate surface area is 145 Å². The molecule has 0 unspecified atom stereocenters. The van der Waals surface area contributed by atoms with Crippen molar-refractivity contribution in [3.63, 3.8) is 0 Å². The average Bonchev–Trinajstić information content (AvgIpc) is 3.04. The lowest BCUT2D eigenvalue weighted by Crippen LogP contribution is -2.12. The number of hydrogen-bond acceptors (Lipinski definition) is 6. The van der Waals surface area contributed by atoms with E-state index in [1.807, 2.05) is 19.0 Å². The highest BCUT2D eigenvalue weighted by atomic mass is 35.5. The summed E-state index contributed by atoms with van der Waals surface area (Å²) in [7, 11) is 3.79. The fourth-order valence-corrected chi connectivity index (χ4v) is 2.70. The number of oxazole rings is 1. The molecular weight excluding hydrogens is 332 g/mol. The lowest BCUT2D eigenvalue weighted by Gasteiger charge is -2.12. The van der Waals surface area contributed by atoms with E-state index in [1.54, 1.807) is 26.0 Å². The number of aromatic nitrogens is 1. The zero-order valence-corrected chi connectivity index (χ0v) is 14.7. The first-order valence-electron chi connectivity index (χ1n) is 7.24. The predicted molar refractivity (Wildman–Crippen MR) is 91.9 cm³/mol. The number of hydrogen-bond donors (Lipinski definition) is 1. The van der Waals surface area contributed by atoms with Crippen molar-refractivity contribution in [1.82, 2.24) is 9.88 Å². The fourth-order valence-electron chi connectivity index (χ4n) is 2.70. The standard InChI is InChI=1S/C17H18N2O4.ClH/c1-9-17(23-10(2)18-9)16(21)12-8-22-14-6-5-13(20)11(15(12)14)7-19(3)4;/h5-6,8,20H,7H2,1-4H3;1H. The number of aryl methyl sites for hydroxylation is 2. The minimum absolute atomic E-state index is 0. The Hall–Kier alpha value is -2.31. The smallest absolute Gasteiger partial charge is 0.234 e. The van der Waals surface area contributed by atoms with Crippen molar-refractivity contribution >= 4 is 29.2 Å². The summed E-state index contributed by atoms with van der Waals surface area (Å²) in [5.41, 5.74) is 2.11. The highest BCUT2D eigenvalue weighted by Crippen LogP contribution is 2.33. The summed E-state index contributed by atoms with van der Waals surface area (Å²) in [6.45, 7) is 3.90. The van der Waals surface area contributed by atoms with Gasteiger partial charge in [0, 0.05) is 24.4 Å². The topological polar surface area (TPSA) is 79.7 Å². The molecule has 0 radical (unpaired) electrons. The molecule has 1 N–H and O–H groups in total. The number of fused-ring (bicyclic) bond motifs is 1. The van der Waals surface area contributed by atoms with E-state index in [1.165, 1.54) is 6.26 Å². The molecule has 0 spiro atoms. The molecule has 2 heterocycles. The fraction of sp³-hybridized carbons (Fsp3) is 0.294. The Morgan fingerprint density at radius 2 is 2.00 bits per heavy atom. The third-order valence-electron chi connectivity index (χ3n) is 3.65. The van der Waals surface area contributed by atoms with Gasteiger partial charge in [0.05, 0.1) is 11.3 Å². The number of carbonyl (C=O) groups excluding carboxylic acids is 1. The lowest BCUT2D eigenvalue weighted by molar-refractivity contribution is 0.101. The third kappa shape index (κ3) is 3.02. The monoisotopic (exact) mass is 350 g/mol. The van der Waals surface area contributed by atoms with Crippen LogP contribution in [0.5, 0.6) is 5.75 Å². The number of carbonyl (C=O) groups is 1. The molecule has 0 aliphatic carbocycles. The minimum Gasteiger partial charge on any atom is -0.508 e. The highest BCUT2D eigenvalue weighted by Gasteiger charge is 2.24. The summed E-state index contributed by atoms with van der Waals surface area (Å²) in [4.78, 5) is 18.9. The second-order valence-electron chi connectivity index (χ2n) is 5.80. The zero-order chi connectivity index (χ0) is 16.7. The molecule has 128 valence electrons. The third-order valence-corrected chi connectivity index (χ3v) is 3.65. The maximum Gasteiger partial charge on any atom is 0.234 e. The first kappa shape index (κ1) is 18.0. The summed E-state index contributed by atoms with van der Waals surface area (Å²) in [6.07, 6.45) is 1.41. The van der Waals surface area contributed by atoms with Crippen LogP contribution in [0.4, 0.5) is 0 Å². The number of halogens is 1. The highest BCUT2D eigenvalue weighted by molar-refractivity contribution is 6.16. The average molecular weight is 351 g/mol. The minimum atomic E-state index is -0.299. The summed E-state index contributed by atoms with van der Waals surface area (Å²) < 4.78 is 10.9. The first-order valence-corrected chi connectivity index (χ1v) is 7.24. The molecule has 0 saturated heterocycles. The molecule has 0 aliphatic heterocycles. The van der Waals surface area contributed by atoms with Crippen molar-refractivity contribution in [2.75, 3.05) is 14.1 Å². The van der Waals surface area contributed by atoms with Gasteiger partial charge < -0.3 is 18.8 Å². The number of phenolic OH excluding ortho intramolecular Hbond substituents is 1. The van der Waals surface area contributed by atoms with Crippen LogP contribution in [0.1, 0.15) is 33.3 Å². The maximum atomic E-state index is 12.8. The lowest BCUT2D eigenvalue weighted by atomic mass is 10.0. The van der Waals surface area contributed by atoms with E-state index in [0.29, 0.717) is 40.2 Å². The predicted octanol–water partition coefficient (Wildman–Crippen LogP) is 3.46. The molecule has 0 bridgehead atoms. The normalized spacial score (nSPS) is 11.0. The van der Waals surface area contributed by atoms with Gasteiger partial charge in [-0.15, -0.1) is 12.4 Å². The van der Waals surface area contributed by atoms with Crippen molar-refractivity contribution in [3.8, 4) is 5.75 Å². The molecule has 24 heavy (non-hydrogen) atoms. The number of ketones is 1. The van der Waals surface area contributed by atoms with E-state index in [4.69, 9.17) is 8.83 Å². The molecule has 0 fully saturated rings. The molecule has 6 nitrogen and oxygen atoms in total. The molecule has 3 aromatic rings. The molecule has 2 aromatic heterocycles. The largest absolute Gasteiger partial charge is 0.508 e. The summed E-state index contributed by atoms with van der Waals surface area (Å²) >= 11 is 0. The SMILES string of the molecule is Cc1nc(C)c(C(=O)c2coc3ccc(O)c(CN(C)C)c23)o1.Cl. The summed E-state index contributed by atoms with van der Waals surface area (Å²) in [6, 6.07) is 3.22. The van der Waals surface area contributed by atoms with Crippen LogP contribution in [-0.4, -0.2) is 34.9 Å². The quantitative estimate of drug-likeness (QED) is 0.726. The zero-order valence-electron chi connectivity index (χ0n) is 13.9. The Balaban J connectivity index is 0.00000208. The number of aromatic hydroxyl groups is 1. The van der Waals surface area contributed by atoms with Crippen LogP contribution in [0.2, 0.25) is 0 Å². The van der Waals surface area contributed by atoms with E-state index in [0.717, 1.165) is 0 Å². The van der Waals surface area contributed by atoms with Gasteiger partial charge in [-0.05, 0) is 33.2 Å². The maximum absolute atomic E-state index is 12.8. The van der Waals surface area contributed by atoms with Crippen LogP contribution in [0.25, 0.3) is 11.0 Å². The number of benzene rings is 1. The van der Waals surface area contributed by atoms with E-state index < -0.39 is 0 Å². The van der Waals surface area contributed by atoms with Crippen LogP contribution in [0, 0.1) is 13.8 Å². The first-order chi connectivity index (χ1) is 10.9. The van der Waals surface area contributed by atoms with Gasteiger partial charge >= 0.3 is 0 Å². The van der Waals surface area contributed by atoms with E-state index >= 15 is 0 Å². The number of nitrogens with zero attached hydrogens (tertiary/aromatic N) is 2. The van der Waals surface area contributed by atoms with E-state index in [9.17, 15) is 9.90 Å². The van der Waals surface area contributed by atoms with Crippen LogP contribution in [0.3, 0.4) is 0 Å². The van der Waals surface area contributed by atoms with Crippen LogP contribution in [0.15, 0.2) is 27.2 Å². The van der Waals surface area contributed by atoms with Crippen molar-refractivity contribution < 1.29 is 18.7 Å². The van der Waals surface area contributed by atoms with Gasteiger partial charge in [0.2, 0.25) is 5.78 Å². The van der Waals surface area contributed by atoms with E-state index in [-0.39, 0.29) is 29.7 Å². The number of furan rings is 1. The van der Waals surface area contributed by atoms with Gasteiger partial charge in [-0.1, -0.05) is 0 Å². The van der Waals surface area contributed by atoms with Crippen molar-refractivity contribution in [1.29, 1.82) is 0 Å². The molecule has 0 aliphatic rings. The Kier molecular flexibility index (Phi) is 5.01. The molecule has 0 saturated carbocycles. The molecular formula is C17H19ClN2O4. The van der Waals surface area contributed by atoms with Gasteiger partial charge in [-0.3, -0.25) is 4.79 Å². The summed E-state index contributed by atoms with van der Waals surface area (Å²) in [5, 5.41) is 10.8. The molecule has 0 atom stereocenters. The molecule has 3 rings (SSSR count). The molecule has 1 aromatic carbocycles. The summed E-state index contributed by atoms with van der Waals surface area (Å²) in [5.74, 6) is 0.471. The van der Waals surface area contributed by atoms with Gasteiger partial charge in [0.25, 0.3) is 0 Å². The molecule has 7 heteroatoms. The van der Waals surface area contributed by atoms with Gasteiger partial charge in [0.1, 0.15) is 17.6 Å². The number of rotatable bonds is 4. The Bertz CT molecular complexity index is 896. The van der Waals surface area contributed by atoms with Crippen molar-refractivity contribution in [2.45, 2.75) is 20.4 Å². The Morgan fingerprint density at radius 3 is 2.58 bits per heavy atom. The van der Waals surface area contributed by atoms with Crippen molar-refractivity contribution in [3.05, 3.63) is 46.9 Å². The second kappa shape index (κ2) is 6.67. The van der Waals surface area contributed by atoms with Gasteiger partial charge in [-0.25, -0.2) is 4.98 Å². The second-order valence-corrected chi connectivity index (χ2v) is 5.80. The number of phenols is 1. The van der Waals surface area contributed by atoms with E-state index in [2.05, 4.69) is 4.98 Å². The van der Waals surface area contributed by atoms with Gasteiger partial charge in [0.15, 0.2) is 11.7 Å². The van der Waals surface area contributed by atoms with Gasteiger partial charge in [-0.2, -0.15) is 0 Å². The van der Waals surface area contributed by atoms with Crippen LogP contribution in [-0.2, 0) is 6.54 Å².